The fourth-order valence-corrected chi connectivity index (χ4v) is 2.57. The van der Waals surface area contributed by atoms with Gasteiger partial charge in [-0.1, -0.05) is 6.92 Å². The maximum atomic E-state index is 5.64. The molecule has 0 aromatic carbocycles. The summed E-state index contributed by atoms with van der Waals surface area (Å²) in [6.45, 7) is 7.97. The fourth-order valence-electron chi connectivity index (χ4n) is 2.57. The van der Waals surface area contributed by atoms with Crippen molar-refractivity contribution in [3.63, 3.8) is 0 Å². The van der Waals surface area contributed by atoms with Crippen LogP contribution in [0.15, 0.2) is 6.07 Å². The second-order valence-electron chi connectivity index (χ2n) is 5.48. The van der Waals surface area contributed by atoms with Crippen molar-refractivity contribution in [3.05, 3.63) is 11.8 Å². The number of nitrogens with one attached hydrogen (secondary N) is 1. The lowest BCUT2D eigenvalue weighted by atomic mass is 9.97. The number of aromatic nitrogens is 2. The predicted octanol–water partition coefficient (Wildman–Crippen LogP) is 2.01. The molecule has 5 nitrogen and oxygen atoms in total. The van der Waals surface area contributed by atoms with Crippen molar-refractivity contribution < 1.29 is 4.74 Å². The third-order valence-electron chi connectivity index (χ3n) is 3.66. The van der Waals surface area contributed by atoms with Crippen LogP contribution in [0.3, 0.4) is 0 Å². The van der Waals surface area contributed by atoms with E-state index >= 15 is 0 Å². The van der Waals surface area contributed by atoms with E-state index < -0.39 is 0 Å². The molecule has 1 aliphatic heterocycles. The van der Waals surface area contributed by atoms with E-state index in [1.807, 2.05) is 20.0 Å². The van der Waals surface area contributed by atoms with Gasteiger partial charge in [-0.3, -0.25) is 0 Å². The molecule has 0 amide bonds. The highest BCUT2D eigenvalue weighted by Crippen LogP contribution is 2.22. The molecule has 1 saturated heterocycles. The van der Waals surface area contributed by atoms with Crippen LogP contribution in [0.5, 0.6) is 5.88 Å². The molecule has 0 radical (unpaired) electrons. The number of hydrogen-bond donors (Lipinski definition) is 1. The minimum Gasteiger partial charge on any atom is -0.478 e. The van der Waals surface area contributed by atoms with Gasteiger partial charge in [0.25, 0.3) is 0 Å². The molecule has 1 fully saturated rings. The minimum atomic E-state index is 0.701. The second-order valence-corrected chi connectivity index (χ2v) is 5.48. The lowest BCUT2D eigenvalue weighted by Gasteiger charge is -2.32. The maximum absolute atomic E-state index is 5.64. The van der Waals surface area contributed by atoms with E-state index in [2.05, 4.69) is 27.1 Å². The SMILES string of the molecule is CCCOc1cc(C)nc(N2CCC(CNC)CC2)n1. The molecule has 112 valence electrons. The van der Waals surface area contributed by atoms with Crippen LogP contribution in [0, 0.1) is 12.8 Å². The summed E-state index contributed by atoms with van der Waals surface area (Å²) < 4.78 is 5.64. The highest BCUT2D eigenvalue weighted by Gasteiger charge is 2.21. The fraction of sp³-hybridized carbons (Fsp3) is 0.733. The van der Waals surface area contributed by atoms with E-state index in [1.165, 1.54) is 12.8 Å². The molecule has 0 unspecified atom stereocenters. The first kappa shape index (κ1) is 15.0. The van der Waals surface area contributed by atoms with Gasteiger partial charge < -0.3 is 15.0 Å². The van der Waals surface area contributed by atoms with Crippen LogP contribution in [0.1, 0.15) is 31.9 Å². The van der Waals surface area contributed by atoms with Crippen LogP contribution in [0.4, 0.5) is 5.95 Å². The van der Waals surface area contributed by atoms with Crippen molar-refractivity contribution in [3.8, 4) is 5.88 Å². The first-order valence-electron chi connectivity index (χ1n) is 7.61. The van der Waals surface area contributed by atoms with Crippen molar-refractivity contribution in [1.82, 2.24) is 15.3 Å². The average Bonchev–Trinajstić information content (AvgIpc) is 2.46. The van der Waals surface area contributed by atoms with Gasteiger partial charge in [-0.25, -0.2) is 4.98 Å². The molecule has 2 rings (SSSR count). The minimum absolute atomic E-state index is 0.701. The van der Waals surface area contributed by atoms with E-state index in [1.54, 1.807) is 0 Å². The predicted molar refractivity (Wildman–Crippen MR) is 81.4 cm³/mol. The van der Waals surface area contributed by atoms with Crippen molar-refractivity contribution in [2.45, 2.75) is 33.1 Å². The first-order chi connectivity index (χ1) is 9.72. The third kappa shape index (κ3) is 4.07. The normalized spacial score (nSPS) is 16.4. The van der Waals surface area contributed by atoms with E-state index in [-0.39, 0.29) is 0 Å². The monoisotopic (exact) mass is 278 g/mol. The molecule has 0 bridgehead atoms. The number of nitrogens with zero attached hydrogens (tertiary/aromatic N) is 3. The van der Waals surface area contributed by atoms with Gasteiger partial charge in [0.05, 0.1) is 6.61 Å². The summed E-state index contributed by atoms with van der Waals surface area (Å²) in [4.78, 5) is 11.4. The van der Waals surface area contributed by atoms with Crippen molar-refractivity contribution >= 4 is 5.95 Å². The van der Waals surface area contributed by atoms with Crippen LogP contribution >= 0.6 is 0 Å². The zero-order chi connectivity index (χ0) is 14.4. The van der Waals surface area contributed by atoms with Gasteiger partial charge >= 0.3 is 0 Å². The molecule has 0 spiro atoms. The number of piperidine rings is 1. The maximum Gasteiger partial charge on any atom is 0.228 e. The molecule has 1 N–H and O–H groups in total. The van der Waals surface area contributed by atoms with Gasteiger partial charge in [-0.15, -0.1) is 0 Å². The van der Waals surface area contributed by atoms with Crippen LogP contribution in [-0.4, -0.2) is 43.3 Å². The average molecular weight is 278 g/mol. The topological polar surface area (TPSA) is 50.3 Å². The zero-order valence-electron chi connectivity index (χ0n) is 12.9. The quantitative estimate of drug-likeness (QED) is 0.862. The molecule has 0 atom stereocenters. The molecule has 5 heteroatoms. The Morgan fingerprint density at radius 1 is 1.35 bits per heavy atom. The van der Waals surface area contributed by atoms with E-state index in [9.17, 15) is 0 Å². The number of hydrogen-bond acceptors (Lipinski definition) is 5. The Kier molecular flexibility index (Phi) is 5.59. The van der Waals surface area contributed by atoms with E-state index in [0.29, 0.717) is 12.5 Å². The summed E-state index contributed by atoms with van der Waals surface area (Å²) >= 11 is 0. The zero-order valence-corrected chi connectivity index (χ0v) is 12.9. The summed E-state index contributed by atoms with van der Waals surface area (Å²) in [6.07, 6.45) is 3.39. The lowest BCUT2D eigenvalue weighted by Crippen LogP contribution is -2.37. The number of ether oxygens (including phenoxy) is 1. The van der Waals surface area contributed by atoms with Crippen LogP contribution < -0.4 is 15.0 Å². The Morgan fingerprint density at radius 3 is 2.75 bits per heavy atom. The van der Waals surface area contributed by atoms with Crippen molar-refractivity contribution in [1.29, 1.82) is 0 Å². The first-order valence-corrected chi connectivity index (χ1v) is 7.61. The Balaban J connectivity index is 2.00. The van der Waals surface area contributed by atoms with Gasteiger partial charge in [0.15, 0.2) is 0 Å². The number of anilines is 1. The number of aryl methyl sites for hydroxylation is 1. The van der Waals surface area contributed by atoms with Gasteiger partial charge in [-0.05, 0) is 45.7 Å². The van der Waals surface area contributed by atoms with Gasteiger partial charge in [0.2, 0.25) is 11.8 Å². The van der Waals surface area contributed by atoms with Crippen LogP contribution in [-0.2, 0) is 0 Å². The van der Waals surface area contributed by atoms with E-state index in [4.69, 9.17) is 4.74 Å². The van der Waals surface area contributed by atoms with Crippen LogP contribution in [0.25, 0.3) is 0 Å². The Labute approximate surface area is 121 Å². The largest absolute Gasteiger partial charge is 0.478 e. The summed E-state index contributed by atoms with van der Waals surface area (Å²) in [7, 11) is 2.02. The smallest absolute Gasteiger partial charge is 0.228 e. The molecule has 0 saturated carbocycles. The molecule has 1 aliphatic rings. The Morgan fingerprint density at radius 2 is 2.10 bits per heavy atom. The number of rotatable bonds is 6. The summed E-state index contributed by atoms with van der Waals surface area (Å²) in [5.41, 5.74) is 0.971. The molecular weight excluding hydrogens is 252 g/mol. The van der Waals surface area contributed by atoms with Crippen molar-refractivity contribution in [2.24, 2.45) is 5.92 Å². The molecule has 20 heavy (non-hydrogen) atoms. The van der Waals surface area contributed by atoms with Crippen molar-refractivity contribution in [2.75, 3.05) is 38.2 Å². The summed E-state index contributed by atoms with van der Waals surface area (Å²) in [5.74, 6) is 2.29. The second kappa shape index (κ2) is 7.43. The van der Waals surface area contributed by atoms with Gasteiger partial charge in [0, 0.05) is 24.8 Å². The standard InChI is InChI=1S/C15H26N4O/c1-4-9-20-14-10-12(2)17-15(18-14)19-7-5-13(6-8-19)11-16-3/h10,13,16H,4-9,11H2,1-3H3. The highest BCUT2D eigenvalue weighted by molar-refractivity contribution is 5.34. The molecule has 1 aromatic heterocycles. The molecule has 0 aliphatic carbocycles. The third-order valence-corrected chi connectivity index (χ3v) is 3.66. The highest BCUT2D eigenvalue weighted by atomic mass is 16.5. The lowest BCUT2D eigenvalue weighted by molar-refractivity contribution is 0.304. The van der Waals surface area contributed by atoms with E-state index in [0.717, 1.165) is 43.6 Å². The molecule has 2 heterocycles. The Hall–Kier alpha value is -1.36. The van der Waals surface area contributed by atoms with Gasteiger partial charge in [-0.2, -0.15) is 4.98 Å². The van der Waals surface area contributed by atoms with Crippen LogP contribution in [0.2, 0.25) is 0 Å². The summed E-state index contributed by atoms with van der Waals surface area (Å²) in [6, 6.07) is 1.91. The summed E-state index contributed by atoms with van der Waals surface area (Å²) in [5, 5.41) is 3.26. The van der Waals surface area contributed by atoms with Gasteiger partial charge in [0.1, 0.15) is 0 Å². The molecule has 1 aromatic rings. The Bertz CT molecular complexity index is 416. The molecular formula is C15H26N4O.